The van der Waals surface area contributed by atoms with E-state index in [4.69, 9.17) is 10.5 Å². The van der Waals surface area contributed by atoms with E-state index in [-0.39, 0.29) is 35.9 Å². The molecule has 1 heterocycles. The molecule has 11 heteroatoms. The normalized spacial score (nSPS) is 14.6. The van der Waals surface area contributed by atoms with E-state index in [1.54, 1.807) is 24.3 Å². The van der Waals surface area contributed by atoms with E-state index in [1.165, 1.54) is 12.1 Å². The number of halogens is 3. The molecular weight excluding hydrogens is 587 g/mol. The number of carboxylic acid groups (broad SMARTS) is 1. The highest BCUT2D eigenvalue weighted by Crippen LogP contribution is 2.41. The maximum absolute atomic E-state index is 15.3. The first-order valence-electron chi connectivity index (χ1n) is 14.6. The van der Waals surface area contributed by atoms with Gasteiger partial charge < -0.3 is 15.6 Å². The molecule has 1 fully saturated rings. The van der Waals surface area contributed by atoms with Crippen LogP contribution < -0.4 is 21.3 Å². The Labute approximate surface area is 257 Å². The van der Waals surface area contributed by atoms with Crippen molar-refractivity contribution in [1.29, 1.82) is 0 Å². The third-order valence-electron chi connectivity index (χ3n) is 8.22. The Morgan fingerprint density at radius 1 is 0.956 bits per heavy atom. The van der Waals surface area contributed by atoms with Crippen molar-refractivity contribution in [3.05, 3.63) is 123 Å². The highest BCUT2D eigenvalue weighted by Gasteiger charge is 2.47. The third-order valence-corrected chi connectivity index (χ3v) is 8.22. The Morgan fingerprint density at radius 3 is 2.22 bits per heavy atom. The van der Waals surface area contributed by atoms with Crippen molar-refractivity contribution in [2.75, 3.05) is 18.9 Å². The maximum atomic E-state index is 15.3. The number of ketones is 1. The summed E-state index contributed by atoms with van der Waals surface area (Å²) in [5, 5.41) is 13.6. The van der Waals surface area contributed by atoms with Crippen LogP contribution in [0.2, 0.25) is 0 Å². The predicted octanol–water partition coefficient (Wildman–Crippen LogP) is 5.60. The van der Waals surface area contributed by atoms with Gasteiger partial charge in [-0.1, -0.05) is 43.2 Å². The first kappa shape index (κ1) is 31.5. The van der Waals surface area contributed by atoms with Gasteiger partial charge in [0.25, 0.3) is 5.56 Å². The zero-order chi connectivity index (χ0) is 32.1. The molecule has 0 radical (unpaired) electrons. The van der Waals surface area contributed by atoms with Crippen LogP contribution in [0.1, 0.15) is 53.6 Å². The number of rotatable bonds is 12. The van der Waals surface area contributed by atoms with Crippen LogP contribution in [0.4, 0.5) is 19.0 Å². The predicted molar refractivity (Wildman–Crippen MR) is 162 cm³/mol. The Hall–Kier alpha value is -4.90. The molecule has 1 aromatic heterocycles. The Bertz CT molecular complexity index is 1730. The Morgan fingerprint density at radius 2 is 1.60 bits per heavy atom. The number of hydrogen-bond donors (Lipinski definition) is 3. The van der Waals surface area contributed by atoms with Crippen molar-refractivity contribution < 1.29 is 32.6 Å². The van der Waals surface area contributed by atoms with Crippen LogP contribution in [0.5, 0.6) is 5.75 Å². The van der Waals surface area contributed by atoms with Crippen molar-refractivity contribution in [3.63, 3.8) is 0 Å². The number of nitrogens with two attached hydrogens (primary N) is 1. The summed E-state index contributed by atoms with van der Waals surface area (Å²) in [6.07, 6.45) is 3.81. The zero-order valence-electron chi connectivity index (χ0n) is 24.3. The lowest BCUT2D eigenvalue weighted by atomic mass is 9.76. The standard InChI is InChI=1S/C34H32F3N3O5/c35-24-13-11-21(12-14-24)31(42)26-15-16-29(41)40(32(26)38)30-27(36)19-25(20-28(30)37)45-18-6-17-39-34(33(43)44,23-9-4-5-10-23)22-7-2-1-3-8-22/h1-3,7-8,11-16,19-20,23,39H,4-6,9-10,17-18,38H2,(H,43,44). The molecule has 0 spiro atoms. The summed E-state index contributed by atoms with van der Waals surface area (Å²) in [5.41, 5.74) is 3.69. The number of nitrogens with zero attached hydrogens (tertiary/aromatic N) is 1. The van der Waals surface area contributed by atoms with Crippen LogP contribution in [0.3, 0.4) is 0 Å². The van der Waals surface area contributed by atoms with Gasteiger partial charge in [0, 0.05) is 23.8 Å². The number of aromatic nitrogens is 1. The zero-order valence-corrected chi connectivity index (χ0v) is 24.3. The van der Waals surface area contributed by atoms with Gasteiger partial charge in [0.05, 0.1) is 12.2 Å². The molecular formula is C34H32F3N3O5. The number of anilines is 1. The maximum Gasteiger partial charge on any atom is 0.328 e. The molecule has 8 nitrogen and oxygen atoms in total. The van der Waals surface area contributed by atoms with Gasteiger partial charge in [0.1, 0.15) is 28.6 Å². The smallest absolute Gasteiger partial charge is 0.328 e. The van der Waals surface area contributed by atoms with Gasteiger partial charge in [-0.05, 0) is 67.6 Å². The molecule has 4 N–H and O–H groups in total. The number of carbonyl (C=O) groups is 2. The van der Waals surface area contributed by atoms with Crippen LogP contribution in [-0.4, -0.2) is 34.6 Å². The second kappa shape index (κ2) is 13.4. The van der Waals surface area contributed by atoms with Crippen molar-refractivity contribution in [2.24, 2.45) is 5.92 Å². The number of nitrogens with one attached hydrogen (secondary N) is 1. The Balaban J connectivity index is 1.30. The number of carbonyl (C=O) groups excluding carboxylic acids is 1. The van der Waals surface area contributed by atoms with Gasteiger partial charge in [-0.3, -0.25) is 19.5 Å². The van der Waals surface area contributed by atoms with E-state index >= 15 is 8.78 Å². The summed E-state index contributed by atoms with van der Waals surface area (Å²) in [5.74, 6) is -5.22. The molecule has 3 aromatic carbocycles. The minimum Gasteiger partial charge on any atom is -0.493 e. The van der Waals surface area contributed by atoms with E-state index < -0.39 is 51.8 Å². The summed E-state index contributed by atoms with van der Waals surface area (Å²) in [7, 11) is 0. The number of benzene rings is 3. The first-order chi connectivity index (χ1) is 21.6. The SMILES string of the molecule is Nc1c(C(=O)c2ccc(F)cc2)ccc(=O)n1-c1c(F)cc(OCCCNC(C(=O)O)(c2ccccc2)C2CCCC2)cc1F. The minimum absolute atomic E-state index is 0.0180. The first-order valence-corrected chi connectivity index (χ1v) is 14.6. The fourth-order valence-corrected chi connectivity index (χ4v) is 6.04. The van der Waals surface area contributed by atoms with Crippen LogP contribution in [0.25, 0.3) is 5.69 Å². The molecule has 0 bridgehead atoms. The van der Waals surface area contributed by atoms with Crippen LogP contribution >= 0.6 is 0 Å². The van der Waals surface area contributed by atoms with Gasteiger partial charge in [-0.25, -0.2) is 18.0 Å². The molecule has 1 saturated carbocycles. The van der Waals surface area contributed by atoms with Gasteiger partial charge >= 0.3 is 5.97 Å². The van der Waals surface area contributed by atoms with Crippen LogP contribution in [-0.2, 0) is 10.3 Å². The lowest BCUT2D eigenvalue weighted by Crippen LogP contribution is -2.54. The van der Waals surface area contributed by atoms with E-state index in [9.17, 15) is 23.9 Å². The van der Waals surface area contributed by atoms with Gasteiger partial charge in [-0.2, -0.15) is 0 Å². The average molecular weight is 620 g/mol. The summed E-state index contributed by atoms with van der Waals surface area (Å²) in [4.78, 5) is 38.3. The van der Waals surface area contributed by atoms with Crippen molar-refractivity contribution in [3.8, 4) is 11.4 Å². The van der Waals surface area contributed by atoms with Crippen molar-refractivity contribution in [1.82, 2.24) is 9.88 Å². The van der Waals surface area contributed by atoms with E-state index in [2.05, 4.69) is 5.32 Å². The van der Waals surface area contributed by atoms with Gasteiger partial charge in [0.15, 0.2) is 17.4 Å². The summed E-state index contributed by atoms with van der Waals surface area (Å²) < 4.78 is 50.0. The Kier molecular flexibility index (Phi) is 9.38. The minimum atomic E-state index is -1.27. The number of hydrogen-bond acceptors (Lipinski definition) is 6. The summed E-state index contributed by atoms with van der Waals surface area (Å²) in [6.45, 7) is 0.283. The summed E-state index contributed by atoms with van der Waals surface area (Å²) in [6, 6.07) is 17.6. The van der Waals surface area contributed by atoms with E-state index in [1.807, 2.05) is 6.07 Å². The molecule has 5 rings (SSSR count). The highest BCUT2D eigenvalue weighted by atomic mass is 19.1. The molecule has 1 unspecified atom stereocenters. The molecule has 234 valence electrons. The molecule has 1 atom stereocenters. The van der Waals surface area contributed by atoms with Crippen molar-refractivity contribution >= 4 is 17.6 Å². The molecule has 1 aliphatic rings. The quantitative estimate of drug-likeness (QED) is 0.139. The third kappa shape index (κ3) is 6.34. The van der Waals surface area contributed by atoms with Crippen LogP contribution in [0.15, 0.2) is 83.7 Å². The number of ether oxygens (including phenoxy) is 1. The molecule has 0 aliphatic heterocycles. The molecule has 0 amide bonds. The molecule has 1 aliphatic carbocycles. The fraction of sp³-hybridized carbons (Fsp3) is 0.265. The van der Waals surface area contributed by atoms with Crippen LogP contribution in [0, 0.1) is 23.4 Å². The molecule has 0 saturated heterocycles. The van der Waals surface area contributed by atoms with Crippen molar-refractivity contribution in [2.45, 2.75) is 37.6 Å². The van der Waals surface area contributed by atoms with Gasteiger partial charge in [-0.15, -0.1) is 0 Å². The number of pyridine rings is 1. The monoisotopic (exact) mass is 619 g/mol. The molecule has 4 aromatic rings. The lowest BCUT2D eigenvalue weighted by Gasteiger charge is -2.37. The molecule has 45 heavy (non-hydrogen) atoms. The largest absolute Gasteiger partial charge is 0.493 e. The average Bonchev–Trinajstić information content (AvgIpc) is 3.56. The highest BCUT2D eigenvalue weighted by molar-refractivity contribution is 6.11. The van der Waals surface area contributed by atoms with E-state index in [0.29, 0.717) is 16.6 Å². The topological polar surface area (TPSA) is 124 Å². The second-order valence-corrected chi connectivity index (χ2v) is 11.0. The fourth-order valence-electron chi connectivity index (χ4n) is 6.04. The lowest BCUT2D eigenvalue weighted by molar-refractivity contribution is -0.148. The number of aliphatic carboxylic acids is 1. The summed E-state index contributed by atoms with van der Waals surface area (Å²) >= 11 is 0. The number of nitrogen functional groups attached to an aromatic ring is 1. The van der Waals surface area contributed by atoms with Gasteiger partial charge in [0.2, 0.25) is 0 Å². The second-order valence-electron chi connectivity index (χ2n) is 11.0. The number of carboxylic acids is 1. The van der Waals surface area contributed by atoms with E-state index in [0.717, 1.165) is 62.1 Å².